The van der Waals surface area contributed by atoms with Crippen molar-refractivity contribution >= 4 is 22.8 Å². The molecular weight excluding hydrogens is 304 g/mol. The van der Waals surface area contributed by atoms with Gasteiger partial charge in [0.15, 0.2) is 0 Å². The lowest BCUT2D eigenvalue weighted by molar-refractivity contribution is -0.131. The van der Waals surface area contributed by atoms with Crippen LogP contribution in [-0.4, -0.2) is 11.8 Å². The minimum atomic E-state index is -0.235. The molecule has 1 heterocycles. The maximum atomic E-state index is 12.1. The minimum Gasteiger partial charge on any atom is -0.464 e. The molecule has 2 N–H and O–H groups in total. The summed E-state index contributed by atoms with van der Waals surface area (Å²) >= 11 is 0. The average molecular weight is 328 g/mol. The standard InChI is InChI=1S/C19H24N2O3/c1-2-13-8-9-16-15(12-24-17(16)10-13)11-18(22)20-21-19(23)14-6-4-3-5-7-14/h8-10,12,14H,2-7,11H2,1H3,(H,20,22)(H,21,23). The van der Waals surface area contributed by atoms with Crippen LogP contribution in [0.5, 0.6) is 0 Å². The monoisotopic (exact) mass is 328 g/mol. The van der Waals surface area contributed by atoms with Crippen LogP contribution in [0.25, 0.3) is 11.0 Å². The van der Waals surface area contributed by atoms with Crippen LogP contribution >= 0.6 is 0 Å². The number of furan rings is 1. The fourth-order valence-corrected chi connectivity index (χ4v) is 3.30. The summed E-state index contributed by atoms with van der Waals surface area (Å²) in [6.07, 6.45) is 7.94. The Balaban J connectivity index is 1.56. The highest BCUT2D eigenvalue weighted by atomic mass is 16.3. The summed E-state index contributed by atoms with van der Waals surface area (Å²) in [7, 11) is 0. The lowest BCUT2D eigenvalue weighted by atomic mass is 9.89. The normalized spacial score (nSPS) is 15.4. The molecule has 0 aliphatic heterocycles. The van der Waals surface area contributed by atoms with Gasteiger partial charge in [-0.05, 0) is 30.9 Å². The van der Waals surface area contributed by atoms with E-state index in [1.165, 1.54) is 12.0 Å². The van der Waals surface area contributed by atoms with E-state index in [2.05, 4.69) is 17.8 Å². The third-order valence-electron chi connectivity index (χ3n) is 4.78. The van der Waals surface area contributed by atoms with E-state index in [9.17, 15) is 9.59 Å². The molecule has 0 bridgehead atoms. The first-order chi connectivity index (χ1) is 11.7. The molecule has 3 rings (SSSR count). The predicted octanol–water partition coefficient (Wildman–Crippen LogP) is 3.27. The summed E-state index contributed by atoms with van der Waals surface area (Å²) in [5.74, 6) is -0.282. The Bertz CT molecular complexity index is 729. The van der Waals surface area contributed by atoms with E-state index in [4.69, 9.17) is 4.42 Å². The van der Waals surface area contributed by atoms with E-state index < -0.39 is 0 Å². The number of aryl methyl sites for hydroxylation is 1. The van der Waals surface area contributed by atoms with Crippen molar-refractivity contribution in [3.05, 3.63) is 35.6 Å². The average Bonchev–Trinajstić information content (AvgIpc) is 3.02. The third kappa shape index (κ3) is 3.78. The second-order valence-electron chi connectivity index (χ2n) is 6.49. The van der Waals surface area contributed by atoms with Gasteiger partial charge < -0.3 is 4.42 Å². The molecule has 2 amide bonds. The number of hydrazine groups is 1. The zero-order valence-electron chi connectivity index (χ0n) is 14.1. The summed E-state index contributed by atoms with van der Waals surface area (Å²) in [6, 6.07) is 6.03. The van der Waals surface area contributed by atoms with Gasteiger partial charge in [-0.15, -0.1) is 0 Å². The van der Waals surface area contributed by atoms with E-state index in [-0.39, 0.29) is 24.2 Å². The van der Waals surface area contributed by atoms with Crippen molar-refractivity contribution in [1.82, 2.24) is 10.9 Å². The number of hydrogen-bond donors (Lipinski definition) is 2. The van der Waals surface area contributed by atoms with Crippen molar-refractivity contribution in [2.75, 3.05) is 0 Å². The van der Waals surface area contributed by atoms with E-state index in [0.29, 0.717) is 0 Å². The van der Waals surface area contributed by atoms with Gasteiger partial charge >= 0.3 is 0 Å². The molecule has 1 aromatic carbocycles. The predicted molar refractivity (Wildman–Crippen MR) is 92.2 cm³/mol. The second kappa shape index (κ2) is 7.51. The van der Waals surface area contributed by atoms with Crippen molar-refractivity contribution in [3.63, 3.8) is 0 Å². The van der Waals surface area contributed by atoms with Crippen LogP contribution in [0.2, 0.25) is 0 Å². The van der Waals surface area contributed by atoms with Crippen molar-refractivity contribution in [1.29, 1.82) is 0 Å². The first-order valence-corrected chi connectivity index (χ1v) is 8.75. The highest BCUT2D eigenvalue weighted by molar-refractivity contribution is 5.89. The number of carbonyl (C=O) groups excluding carboxylic acids is 2. The van der Waals surface area contributed by atoms with Crippen LogP contribution in [0, 0.1) is 5.92 Å². The van der Waals surface area contributed by atoms with E-state index in [0.717, 1.165) is 48.6 Å². The van der Waals surface area contributed by atoms with Gasteiger partial charge in [0.2, 0.25) is 11.8 Å². The first kappa shape index (κ1) is 16.6. The smallest absolute Gasteiger partial charge is 0.242 e. The highest BCUT2D eigenvalue weighted by Gasteiger charge is 2.21. The summed E-state index contributed by atoms with van der Waals surface area (Å²) in [5.41, 5.74) is 7.91. The van der Waals surface area contributed by atoms with Gasteiger partial charge in [0, 0.05) is 16.9 Å². The largest absolute Gasteiger partial charge is 0.464 e. The van der Waals surface area contributed by atoms with Gasteiger partial charge in [-0.3, -0.25) is 20.4 Å². The summed E-state index contributed by atoms with van der Waals surface area (Å²) < 4.78 is 5.55. The van der Waals surface area contributed by atoms with Crippen LogP contribution in [0.4, 0.5) is 0 Å². The van der Waals surface area contributed by atoms with Gasteiger partial charge in [0.25, 0.3) is 0 Å². The molecule has 1 saturated carbocycles. The lowest BCUT2D eigenvalue weighted by Crippen LogP contribution is -2.45. The number of benzene rings is 1. The number of rotatable bonds is 4. The number of hydrogen-bond acceptors (Lipinski definition) is 3. The van der Waals surface area contributed by atoms with Crippen molar-refractivity contribution in [2.45, 2.75) is 51.9 Å². The molecule has 1 aromatic heterocycles. The summed E-state index contributed by atoms with van der Waals surface area (Å²) in [4.78, 5) is 24.1. The van der Waals surface area contributed by atoms with Crippen molar-refractivity contribution < 1.29 is 14.0 Å². The van der Waals surface area contributed by atoms with Gasteiger partial charge in [0.1, 0.15) is 5.58 Å². The van der Waals surface area contributed by atoms with E-state index in [1.54, 1.807) is 6.26 Å². The van der Waals surface area contributed by atoms with Crippen LogP contribution in [0.1, 0.15) is 50.2 Å². The number of amides is 2. The summed E-state index contributed by atoms with van der Waals surface area (Å²) in [6.45, 7) is 2.09. The van der Waals surface area contributed by atoms with Crippen molar-refractivity contribution in [3.8, 4) is 0 Å². The Morgan fingerprint density at radius 3 is 2.71 bits per heavy atom. The van der Waals surface area contributed by atoms with Gasteiger partial charge in [-0.1, -0.05) is 38.3 Å². The highest BCUT2D eigenvalue weighted by Crippen LogP contribution is 2.24. The van der Waals surface area contributed by atoms with Crippen LogP contribution in [0.3, 0.4) is 0 Å². The Labute approximate surface area is 141 Å². The molecule has 0 radical (unpaired) electrons. The lowest BCUT2D eigenvalue weighted by Gasteiger charge is -2.20. The van der Waals surface area contributed by atoms with Crippen LogP contribution < -0.4 is 10.9 Å². The van der Waals surface area contributed by atoms with Gasteiger partial charge in [-0.2, -0.15) is 0 Å². The molecular formula is C19H24N2O3. The molecule has 5 nitrogen and oxygen atoms in total. The molecule has 0 saturated heterocycles. The molecule has 1 aliphatic rings. The molecule has 5 heteroatoms. The van der Waals surface area contributed by atoms with Gasteiger partial charge in [0.05, 0.1) is 12.7 Å². The van der Waals surface area contributed by atoms with E-state index in [1.807, 2.05) is 18.2 Å². The quantitative estimate of drug-likeness (QED) is 0.846. The summed E-state index contributed by atoms with van der Waals surface area (Å²) in [5, 5.41) is 0.945. The molecule has 0 atom stereocenters. The van der Waals surface area contributed by atoms with Crippen LogP contribution in [0.15, 0.2) is 28.9 Å². The maximum Gasteiger partial charge on any atom is 0.242 e. The maximum absolute atomic E-state index is 12.1. The molecule has 2 aromatic rings. The number of nitrogens with one attached hydrogen (secondary N) is 2. The number of fused-ring (bicyclic) bond motifs is 1. The van der Waals surface area contributed by atoms with Crippen LogP contribution in [-0.2, 0) is 22.4 Å². The molecule has 24 heavy (non-hydrogen) atoms. The Kier molecular flexibility index (Phi) is 5.18. The zero-order chi connectivity index (χ0) is 16.9. The second-order valence-corrected chi connectivity index (χ2v) is 6.49. The third-order valence-corrected chi connectivity index (χ3v) is 4.78. The molecule has 1 aliphatic carbocycles. The Morgan fingerprint density at radius 2 is 1.96 bits per heavy atom. The van der Waals surface area contributed by atoms with E-state index >= 15 is 0 Å². The minimum absolute atomic E-state index is 0.0290. The fourth-order valence-electron chi connectivity index (χ4n) is 3.30. The van der Waals surface area contributed by atoms with Crippen molar-refractivity contribution in [2.24, 2.45) is 5.92 Å². The fraction of sp³-hybridized carbons (Fsp3) is 0.474. The SMILES string of the molecule is CCc1ccc2c(CC(=O)NNC(=O)C3CCCCC3)coc2c1. The molecule has 0 spiro atoms. The Morgan fingerprint density at radius 1 is 1.17 bits per heavy atom. The number of carbonyl (C=O) groups is 2. The van der Waals surface area contributed by atoms with Gasteiger partial charge in [-0.25, -0.2) is 0 Å². The molecule has 128 valence electrons. The molecule has 1 fully saturated rings. The Hall–Kier alpha value is -2.30. The zero-order valence-corrected chi connectivity index (χ0v) is 14.1. The topological polar surface area (TPSA) is 71.3 Å². The first-order valence-electron chi connectivity index (χ1n) is 8.75. The molecule has 0 unspecified atom stereocenters.